The van der Waals surface area contributed by atoms with Crippen LogP contribution in [0.25, 0.3) is 5.69 Å². The standard InChI is InChI=1S/C12H8F3N3O2/c13-6-3-4-7(9(15)8(6)14)18-11(5-1-2-5)10(12(19)20)16-17-18/h3-5H,1-2H2,(H,19,20). The van der Waals surface area contributed by atoms with Crippen molar-refractivity contribution in [2.24, 2.45) is 0 Å². The van der Waals surface area contributed by atoms with Gasteiger partial charge in [0.15, 0.2) is 23.1 Å². The molecule has 1 aromatic carbocycles. The van der Waals surface area contributed by atoms with Gasteiger partial charge in [-0.15, -0.1) is 5.10 Å². The highest BCUT2D eigenvalue weighted by Gasteiger charge is 2.35. The van der Waals surface area contributed by atoms with Crippen LogP contribution < -0.4 is 0 Å². The zero-order valence-electron chi connectivity index (χ0n) is 9.98. The first kappa shape index (κ1) is 12.6. The molecule has 1 heterocycles. The van der Waals surface area contributed by atoms with E-state index in [1.807, 2.05) is 0 Å². The maximum absolute atomic E-state index is 13.8. The van der Waals surface area contributed by atoms with E-state index in [0.29, 0.717) is 0 Å². The van der Waals surface area contributed by atoms with Crippen molar-refractivity contribution in [3.05, 3.63) is 41.0 Å². The molecule has 0 unspecified atom stereocenters. The van der Waals surface area contributed by atoms with Crippen LogP contribution in [0.3, 0.4) is 0 Å². The third-order valence-electron chi connectivity index (χ3n) is 3.11. The fourth-order valence-corrected chi connectivity index (χ4v) is 2.02. The van der Waals surface area contributed by atoms with Crippen LogP contribution >= 0.6 is 0 Å². The number of benzene rings is 1. The Morgan fingerprint density at radius 3 is 2.55 bits per heavy atom. The molecule has 104 valence electrons. The van der Waals surface area contributed by atoms with Gasteiger partial charge < -0.3 is 5.11 Å². The van der Waals surface area contributed by atoms with Gasteiger partial charge in [0.25, 0.3) is 0 Å². The summed E-state index contributed by atoms with van der Waals surface area (Å²) in [5.41, 5.74) is -0.440. The van der Waals surface area contributed by atoms with E-state index in [0.717, 1.165) is 29.7 Å². The number of carboxylic acid groups (broad SMARTS) is 1. The van der Waals surface area contributed by atoms with Gasteiger partial charge in [0.05, 0.1) is 5.69 Å². The Kier molecular flexibility index (Phi) is 2.73. The molecule has 0 atom stereocenters. The predicted octanol–water partition coefficient (Wildman–Crippen LogP) is 2.26. The second kappa shape index (κ2) is 4.32. The summed E-state index contributed by atoms with van der Waals surface area (Å²) >= 11 is 0. The number of aromatic nitrogens is 3. The molecule has 1 aliphatic rings. The number of hydrogen-bond acceptors (Lipinski definition) is 3. The summed E-state index contributed by atoms with van der Waals surface area (Å²) in [4.78, 5) is 11.1. The Bertz CT molecular complexity index is 710. The molecule has 0 amide bonds. The van der Waals surface area contributed by atoms with Crippen molar-refractivity contribution in [2.75, 3.05) is 0 Å². The second-order valence-corrected chi connectivity index (χ2v) is 4.51. The van der Waals surface area contributed by atoms with E-state index in [1.165, 1.54) is 0 Å². The molecule has 1 aliphatic carbocycles. The maximum Gasteiger partial charge on any atom is 0.358 e. The lowest BCUT2D eigenvalue weighted by atomic mass is 10.2. The van der Waals surface area contributed by atoms with Crippen molar-refractivity contribution < 1.29 is 23.1 Å². The molecule has 1 aromatic heterocycles. The van der Waals surface area contributed by atoms with E-state index in [9.17, 15) is 18.0 Å². The lowest BCUT2D eigenvalue weighted by Gasteiger charge is -2.08. The average molecular weight is 283 g/mol. The highest BCUT2D eigenvalue weighted by molar-refractivity contribution is 5.87. The van der Waals surface area contributed by atoms with Crippen LogP contribution in [0, 0.1) is 17.5 Å². The normalized spacial score (nSPS) is 14.6. The van der Waals surface area contributed by atoms with Crippen LogP contribution in [0.5, 0.6) is 0 Å². The number of carbonyl (C=O) groups is 1. The summed E-state index contributed by atoms with van der Waals surface area (Å²) in [6, 6.07) is 1.76. The summed E-state index contributed by atoms with van der Waals surface area (Å²) in [6.45, 7) is 0. The van der Waals surface area contributed by atoms with Crippen LogP contribution in [-0.2, 0) is 0 Å². The molecule has 0 bridgehead atoms. The SMILES string of the molecule is O=C(O)c1nnn(-c2ccc(F)c(F)c2F)c1C1CC1. The van der Waals surface area contributed by atoms with Crippen LogP contribution in [0.2, 0.25) is 0 Å². The number of carboxylic acids is 1. The zero-order valence-corrected chi connectivity index (χ0v) is 9.98. The van der Waals surface area contributed by atoms with E-state index in [4.69, 9.17) is 5.11 Å². The van der Waals surface area contributed by atoms with Crippen LogP contribution in [0.4, 0.5) is 13.2 Å². The molecule has 3 rings (SSSR count). The van der Waals surface area contributed by atoms with Gasteiger partial charge in [-0.25, -0.2) is 22.6 Å². The number of rotatable bonds is 3. The number of hydrogen-bond donors (Lipinski definition) is 1. The molecule has 1 saturated carbocycles. The smallest absolute Gasteiger partial charge is 0.358 e. The largest absolute Gasteiger partial charge is 0.476 e. The third kappa shape index (κ3) is 1.84. The number of halogens is 3. The lowest BCUT2D eigenvalue weighted by molar-refractivity contribution is 0.0689. The Hall–Kier alpha value is -2.38. The molecular formula is C12H8F3N3O2. The molecule has 0 radical (unpaired) electrons. The van der Waals surface area contributed by atoms with Gasteiger partial charge in [-0.2, -0.15) is 0 Å². The third-order valence-corrected chi connectivity index (χ3v) is 3.11. The fraction of sp³-hybridized carbons (Fsp3) is 0.250. The summed E-state index contributed by atoms with van der Waals surface area (Å²) in [5, 5.41) is 16.1. The van der Waals surface area contributed by atoms with Crippen molar-refractivity contribution in [1.82, 2.24) is 15.0 Å². The lowest BCUT2D eigenvalue weighted by Crippen LogP contribution is -2.09. The highest BCUT2D eigenvalue weighted by Crippen LogP contribution is 2.42. The molecule has 1 N–H and O–H groups in total. The summed E-state index contributed by atoms with van der Waals surface area (Å²) in [5.74, 6) is -5.77. The highest BCUT2D eigenvalue weighted by atomic mass is 19.2. The van der Waals surface area contributed by atoms with E-state index >= 15 is 0 Å². The number of nitrogens with zero attached hydrogens (tertiary/aromatic N) is 3. The summed E-state index contributed by atoms with van der Waals surface area (Å²) in [6.07, 6.45) is 1.44. The van der Waals surface area contributed by atoms with Gasteiger partial charge in [0, 0.05) is 5.92 Å². The molecule has 2 aromatic rings. The first-order chi connectivity index (χ1) is 9.50. The second-order valence-electron chi connectivity index (χ2n) is 4.51. The first-order valence-electron chi connectivity index (χ1n) is 5.83. The molecule has 0 aliphatic heterocycles. The van der Waals surface area contributed by atoms with Crippen LogP contribution in [-0.4, -0.2) is 26.1 Å². The van der Waals surface area contributed by atoms with Crippen molar-refractivity contribution in [1.29, 1.82) is 0 Å². The van der Waals surface area contributed by atoms with E-state index in [-0.39, 0.29) is 23.0 Å². The molecule has 20 heavy (non-hydrogen) atoms. The van der Waals surface area contributed by atoms with E-state index in [1.54, 1.807) is 0 Å². The van der Waals surface area contributed by atoms with Crippen molar-refractivity contribution in [2.45, 2.75) is 18.8 Å². The Balaban J connectivity index is 2.20. The van der Waals surface area contributed by atoms with Gasteiger partial charge in [-0.1, -0.05) is 5.21 Å². The number of aromatic carboxylic acids is 1. The minimum absolute atomic E-state index is 0.108. The Labute approximate surface area is 110 Å². The Morgan fingerprint density at radius 1 is 1.25 bits per heavy atom. The molecule has 0 saturated heterocycles. The topological polar surface area (TPSA) is 68.0 Å². The molecule has 5 nitrogen and oxygen atoms in total. The van der Waals surface area contributed by atoms with Crippen LogP contribution in [0.1, 0.15) is 34.9 Å². The van der Waals surface area contributed by atoms with Crippen molar-refractivity contribution in [3.8, 4) is 5.69 Å². The van der Waals surface area contributed by atoms with E-state index in [2.05, 4.69) is 10.3 Å². The maximum atomic E-state index is 13.8. The first-order valence-corrected chi connectivity index (χ1v) is 5.83. The van der Waals surface area contributed by atoms with Gasteiger partial charge in [0.2, 0.25) is 0 Å². The minimum atomic E-state index is -1.63. The molecular weight excluding hydrogens is 275 g/mol. The molecule has 1 fully saturated rings. The monoisotopic (exact) mass is 283 g/mol. The average Bonchev–Trinajstić information content (AvgIpc) is 3.15. The van der Waals surface area contributed by atoms with Gasteiger partial charge >= 0.3 is 5.97 Å². The minimum Gasteiger partial charge on any atom is -0.476 e. The molecule has 0 spiro atoms. The summed E-state index contributed by atoms with van der Waals surface area (Å²) < 4.78 is 40.9. The van der Waals surface area contributed by atoms with Gasteiger partial charge in [-0.05, 0) is 25.0 Å². The fourth-order valence-electron chi connectivity index (χ4n) is 2.02. The van der Waals surface area contributed by atoms with Gasteiger partial charge in [0.1, 0.15) is 5.69 Å². The van der Waals surface area contributed by atoms with Gasteiger partial charge in [-0.3, -0.25) is 0 Å². The predicted molar refractivity (Wildman–Crippen MR) is 60.2 cm³/mol. The van der Waals surface area contributed by atoms with E-state index < -0.39 is 23.4 Å². The van der Waals surface area contributed by atoms with Crippen molar-refractivity contribution >= 4 is 5.97 Å². The quantitative estimate of drug-likeness (QED) is 0.877. The Morgan fingerprint density at radius 2 is 1.95 bits per heavy atom. The zero-order chi connectivity index (χ0) is 14.4. The van der Waals surface area contributed by atoms with Crippen LogP contribution in [0.15, 0.2) is 12.1 Å². The molecule has 8 heteroatoms. The van der Waals surface area contributed by atoms with Crippen molar-refractivity contribution in [3.63, 3.8) is 0 Å². The summed E-state index contributed by atoms with van der Waals surface area (Å²) in [7, 11) is 0.